The topological polar surface area (TPSA) is 126 Å². The van der Waals surface area contributed by atoms with Crippen LogP contribution in [-0.4, -0.2) is 94.7 Å². The van der Waals surface area contributed by atoms with Crippen molar-refractivity contribution in [1.29, 1.82) is 5.26 Å². The normalized spacial score (nSPS) is 19.7. The van der Waals surface area contributed by atoms with Crippen molar-refractivity contribution < 1.29 is 19.4 Å². The van der Waals surface area contributed by atoms with Gasteiger partial charge in [-0.1, -0.05) is 49.6 Å². The molecule has 0 spiro atoms. The summed E-state index contributed by atoms with van der Waals surface area (Å²) >= 11 is 0. The molecule has 0 aliphatic carbocycles. The van der Waals surface area contributed by atoms with E-state index < -0.39 is 5.97 Å². The number of amides is 1. The monoisotopic (exact) mass is 635 g/mol. The largest absolute Gasteiger partial charge is 0.481 e. The van der Waals surface area contributed by atoms with Gasteiger partial charge in [-0.15, -0.1) is 0 Å². The van der Waals surface area contributed by atoms with Crippen molar-refractivity contribution in [2.24, 2.45) is 0 Å². The maximum Gasteiger partial charge on any atom is 0.318 e. The molecule has 6 rings (SSSR count). The van der Waals surface area contributed by atoms with E-state index in [0.717, 1.165) is 71.5 Å². The number of hydrogen-bond donors (Lipinski definition) is 1. The molecule has 0 saturated carbocycles. The molecular formula is C36H41N7O4. The molecule has 2 fully saturated rings. The molecule has 1 unspecified atom stereocenters. The van der Waals surface area contributed by atoms with Gasteiger partial charge in [-0.25, -0.2) is 0 Å². The number of nitriles is 1. The van der Waals surface area contributed by atoms with E-state index in [2.05, 4.69) is 64.3 Å². The van der Waals surface area contributed by atoms with Gasteiger partial charge in [0, 0.05) is 55.4 Å². The molecule has 2 saturated heterocycles. The second-order valence-electron chi connectivity index (χ2n) is 12.3. The smallest absolute Gasteiger partial charge is 0.318 e. The molecule has 11 nitrogen and oxygen atoms in total. The highest BCUT2D eigenvalue weighted by Crippen LogP contribution is 2.36. The van der Waals surface area contributed by atoms with Gasteiger partial charge in [-0.2, -0.15) is 15.2 Å². The molecule has 11 heteroatoms. The van der Waals surface area contributed by atoms with E-state index in [9.17, 15) is 20.0 Å². The number of aliphatic carboxylic acids is 1. The molecular weight excluding hydrogens is 594 g/mol. The van der Waals surface area contributed by atoms with Gasteiger partial charge in [0.25, 0.3) is 0 Å². The number of anilines is 2. The van der Waals surface area contributed by atoms with Gasteiger partial charge >= 0.3 is 12.0 Å². The maximum absolute atomic E-state index is 12.6. The molecule has 0 radical (unpaired) electrons. The van der Waals surface area contributed by atoms with Crippen LogP contribution >= 0.6 is 0 Å². The minimum Gasteiger partial charge on any atom is -0.481 e. The number of piperazine rings is 1. The van der Waals surface area contributed by atoms with Crippen LogP contribution in [0.2, 0.25) is 0 Å². The van der Waals surface area contributed by atoms with Crippen LogP contribution in [0.5, 0.6) is 6.01 Å². The Morgan fingerprint density at radius 1 is 1.06 bits per heavy atom. The van der Waals surface area contributed by atoms with Gasteiger partial charge in [-0.3, -0.25) is 14.5 Å². The number of benzene rings is 2. The van der Waals surface area contributed by atoms with Gasteiger partial charge in [0.1, 0.15) is 12.4 Å². The van der Waals surface area contributed by atoms with E-state index in [0.29, 0.717) is 39.3 Å². The lowest BCUT2D eigenvalue weighted by atomic mass is 9.99. The van der Waals surface area contributed by atoms with Crippen molar-refractivity contribution in [3.05, 3.63) is 72.5 Å². The Bertz CT molecular complexity index is 1710. The molecule has 2 atom stereocenters. The van der Waals surface area contributed by atoms with Crippen molar-refractivity contribution in [2.45, 2.75) is 50.7 Å². The predicted octanol–water partition coefficient (Wildman–Crippen LogP) is 4.27. The molecule has 3 aliphatic heterocycles. The lowest BCUT2D eigenvalue weighted by molar-refractivity contribution is -0.137. The molecule has 2 aromatic carbocycles. The summed E-state index contributed by atoms with van der Waals surface area (Å²) in [6, 6.07) is 14.9. The highest BCUT2D eigenvalue weighted by Gasteiger charge is 2.34. The van der Waals surface area contributed by atoms with Gasteiger partial charge in [0.15, 0.2) is 0 Å². The quantitative estimate of drug-likeness (QED) is 0.305. The average molecular weight is 636 g/mol. The van der Waals surface area contributed by atoms with Crippen LogP contribution in [0.15, 0.2) is 55.6 Å². The molecule has 47 heavy (non-hydrogen) atoms. The zero-order valence-electron chi connectivity index (χ0n) is 26.7. The molecule has 0 bridgehead atoms. The summed E-state index contributed by atoms with van der Waals surface area (Å²) in [5.41, 5.74) is 4.15. The minimum atomic E-state index is -0.806. The Hall–Kier alpha value is -4.95. The van der Waals surface area contributed by atoms with Crippen LogP contribution in [0.25, 0.3) is 16.8 Å². The van der Waals surface area contributed by atoms with Crippen molar-refractivity contribution >= 4 is 40.2 Å². The van der Waals surface area contributed by atoms with Crippen LogP contribution in [0, 0.1) is 11.3 Å². The molecule has 3 aliphatic rings. The Kier molecular flexibility index (Phi) is 9.68. The van der Waals surface area contributed by atoms with Crippen molar-refractivity contribution in [3.8, 4) is 12.1 Å². The van der Waals surface area contributed by atoms with Crippen LogP contribution in [0.3, 0.4) is 0 Å². The zero-order valence-corrected chi connectivity index (χ0v) is 26.7. The molecule has 4 heterocycles. The van der Waals surface area contributed by atoms with Gasteiger partial charge in [0.05, 0.1) is 37.2 Å². The van der Waals surface area contributed by atoms with E-state index in [1.54, 1.807) is 4.90 Å². The summed E-state index contributed by atoms with van der Waals surface area (Å²) in [7, 11) is 0. The van der Waals surface area contributed by atoms with Gasteiger partial charge < -0.3 is 24.5 Å². The number of carboxylic acids is 1. The van der Waals surface area contributed by atoms with E-state index in [1.807, 2.05) is 12.1 Å². The zero-order chi connectivity index (χ0) is 32.9. The Labute approximate surface area is 275 Å². The van der Waals surface area contributed by atoms with Crippen molar-refractivity contribution in [2.75, 3.05) is 55.7 Å². The molecule has 3 aromatic rings. The van der Waals surface area contributed by atoms with Crippen molar-refractivity contribution in [3.63, 3.8) is 0 Å². The molecule has 244 valence electrons. The number of ether oxygens (including phenoxy) is 1. The summed E-state index contributed by atoms with van der Waals surface area (Å²) in [6.07, 6.45) is 6.14. The molecule has 1 N–H and O–H groups in total. The van der Waals surface area contributed by atoms with E-state index in [-0.39, 0.29) is 36.8 Å². The van der Waals surface area contributed by atoms with Crippen LogP contribution in [0.4, 0.5) is 11.5 Å². The number of carboxylic acid groups (broad SMARTS) is 1. The number of rotatable bonds is 11. The third-order valence-electron chi connectivity index (χ3n) is 9.58. The SMILES string of the molecule is C=CC(=O)N1CCN(c2nc(OCC3CCCN3CCC(=O)O)nc3c2CCN(c2cccc4cccc(C=C)c24)C3)C[C@@H]1CC#N. The summed E-state index contributed by atoms with van der Waals surface area (Å²) in [5, 5.41) is 21.1. The maximum atomic E-state index is 12.6. The van der Waals surface area contributed by atoms with E-state index in [4.69, 9.17) is 14.7 Å². The second kappa shape index (κ2) is 14.2. The fourth-order valence-electron chi connectivity index (χ4n) is 7.23. The lowest BCUT2D eigenvalue weighted by Gasteiger charge is -2.42. The summed E-state index contributed by atoms with van der Waals surface area (Å²) in [5.74, 6) is -0.191. The first-order chi connectivity index (χ1) is 22.9. The van der Waals surface area contributed by atoms with Crippen LogP contribution in [-0.2, 0) is 22.6 Å². The highest BCUT2D eigenvalue weighted by molar-refractivity contribution is 6.00. The second-order valence-corrected chi connectivity index (χ2v) is 12.3. The summed E-state index contributed by atoms with van der Waals surface area (Å²) < 4.78 is 6.32. The van der Waals surface area contributed by atoms with Gasteiger partial charge in [-0.05, 0) is 48.9 Å². The third-order valence-corrected chi connectivity index (χ3v) is 9.58. The first kappa shape index (κ1) is 32.0. The summed E-state index contributed by atoms with van der Waals surface area (Å²) in [6.45, 7) is 12.2. The van der Waals surface area contributed by atoms with E-state index >= 15 is 0 Å². The van der Waals surface area contributed by atoms with Crippen molar-refractivity contribution in [1.82, 2.24) is 19.8 Å². The first-order valence-corrected chi connectivity index (χ1v) is 16.3. The summed E-state index contributed by atoms with van der Waals surface area (Å²) in [4.78, 5) is 42.2. The molecule has 1 aromatic heterocycles. The van der Waals surface area contributed by atoms with Crippen LogP contribution in [0.1, 0.15) is 42.5 Å². The Morgan fingerprint density at radius 3 is 2.66 bits per heavy atom. The van der Waals surface area contributed by atoms with Crippen LogP contribution < -0.4 is 14.5 Å². The number of carbonyl (C=O) groups is 2. The lowest BCUT2D eigenvalue weighted by Crippen LogP contribution is -2.55. The Balaban J connectivity index is 1.32. The number of nitrogens with zero attached hydrogens (tertiary/aromatic N) is 7. The highest BCUT2D eigenvalue weighted by atomic mass is 16.5. The number of likely N-dealkylation sites (tertiary alicyclic amines) is 1. The first-order valence-electron chi connectivity index (χ1n) is 16.3. The van der Waals surface area contributed by atoms with E-state index in [1.165, 1.54) is 6.08 Å². The number of carbonyl (C=O) groups excluding carboxylic acids is 1. The average Bonchev–Trinajstić information content (AvgIpc) is 3.55. The fraction of sp³-hybridized carbons (Fsp3) is 0.417. The molecule has 1 amide bonds. The standard InChI is InChI=1S/C36H41N7O4/c1-3-25-8-5-9-26-10-6-12-31(34(25)26)41-18-14-29-30(23-41)38-36(47-24-28-11-7-17-40(28)19-15-33(45)46)39-35(29)42-20-21-43(32(44)4-2)27(22-42)13-16-37/h3-6,8-10,12,27-28H,1-2,7,11,13-15,17-24H2,(H,45,46)/t27-,28?/m0/s1. The minimum absolute atomic E-state index is 0.0930. The number of fused-ring (bicyclic) bond motifs is 2. The van der Waals surface area contributed by atoms with Gasteiger partial charge in [0.2, 0.25) is 5.91 Å². The number of aromatic nitrogens is 2. The fourth-order valence-corrected chi connectivity index (χ4v) is 7.23. The number of hydrogen-bond acceptors (Lipinski definition) is 9. The third kappa shape index (κ3) is 6.79. The predicted molar refractivity (Wildman–Crippen MR) is 181 cm³/mol. The Morgan fingerprint density at radius 2 is 1.89 bits per heavy atom.